The number of hydrogen-bond acceptors (Lipinski definition) is 5. The Morgan fingerprint density at radius 3 is 2.50 bits per heavy atom. The summed E-state index contributed by atoms with van der Waals surface area (Å²) in [6.07, 6.45) is 3.24. The molecule has 1 aromatic carbocycles. The highest BCUT2D eigenvalue weighted by atomic mass is 127. The van der Waals surface area contributed by atoms with Crippen LogP contribution in [-0.2, 0) is 0 Å². The molecule has 7 nitrogen and oxygen atoms in total. The molecule has 160 valence electrons. The molecule has 0 radical (unpaired) electrons. The lowest BCUT2D eigenvalue weighted by Crippen LogP contribution is -2.42. The molecule has 0 bridgehead atoms. The Labute approximate surface area is 185 Å². The molecule has 1 atom stereocenters. The second-order valence-corrected chi connectivity index (χ2v) is 6.68. The van der Waals surface area contributed by atoms with Gasteiger partial charge in [0.15, 0.2) is 17.5 Å². The molecule has 1 aliphatic rings. The van der Waals surface area contributed by atoms with E-state index >= 15 is 0 Å². The number of aliphatic hydroxyl groups excluding tert-OH is 1. The fourth-order valence-corrected chi connectivity index (χ4v) is 3.20. The first kappa shape index (κ1) is 24.8. The molecule has 28 heavy (non-hydrogen) atoms. The van der Waals surface area contributed by atoms with E-state index in [0.29, 0.717) is 11.5 Å². The van der Waals surface area contributed by atoms with Gasteiger partial charge in [0.2, 0.25) is 0 Å². The summed E-state index contributed by atoms with van der Waals surface area (Å²) in [7, 11) is 3.18. The highest BCUT2D eigenvalue weighted by molar-refractivity contribution is 14.0. The van der Waals surface area contributed by atoms with Crippen LogP contribution in [0.3, 0.4) is 0 Å². The van der Waals surface area contributed by atoms with E-state index in [1.165, 1.54) is 32.4 Å². The number of hydrogen-bond donors (Lipinski definition) is 3. The fraction of sp³-hybridized carbons (Fsp3) is 0.650. The Morgan fingerprint density at radius 2 is 1.86 bits per heavy atom. The van der Waals surface area contributed by atoms with Gasteiger partial charge >= 0.3 is 0 Å². The lowest BCUT2D eigenvalue weighted by Gasteiger charge is -2.26. The molecular weight excluding hydrogens is 471 g/mol. The number of nitrogens with zero attached hydrogens (tertiary/aromatic N) is 2. The van der Waals surface area contributed by atoms with Crippen LogP contribution in [0.2, 0.25) is 0 Å². The first-order chi connectivity index (χ1) is 13.2. The first-order valence-corrected chi connectivity index (χ1v) is 9.82. The number of piperidine rings is 1. The number of guanidine groups is 1. The Balaban J connectivity index is 0.00000392. The quantitative estimate of drug-likeness (QED) is 0.271. The minimum atomic E-state index is -0.706. The molecule has 1 fully saturated rings. The van der Waals surface area contributed by atoms with Gasteiger partial charge in [0, 0.05) is 19.6 Å². The largest absolute Gasteiger partial charge is 0.493 e. The molecule has 1 saturated heterocycles. The van der Waals surface area contributed by atoms with Gasteiger partial charge in [-0.2, -0.15) is 0 Å². The molecule has 1 aliphatic heterocycles. The monoisotopic (exact) mass is 506 g/mol. The van der Waals surface area contributed by atoms with Crippen LogP contribution in [-0.4, -0.2) is 69.5 Å². The number of aliphatic imine (C=N–C) groups is 1. The van der Waals surface area contributed by atoms with E-state index in [2.05, 4.69) is 20.5 Å². The number of aliphatic hydroxyl groups is 1. The topological polar surface area (TPSA) is 78.4 Å². The summed E-state index contributed by atoms with van der Waals surface area (Å²) in [5.41, 5.74) is 0.751. The molecule has 0 amide bonds. The van der Waals surface area contributed by atoms with Crippen molar-refractivity contribution in [2.24, 2.45) is 4.99 Å². The lowest BCUT2D eigenvalue weighted by atomic mass is 10.1. The minimum Gasteiger partial charge on any atom is -0.493 e. The van der Waals surface area contributed by atoms with Crippen molar-refractivity contribution >= 4 is 29.9 Å². The van der Waals surface area contributed by atoms with E-state index in [9.17, 15) is 5.11 Å². The zero-order chi connectivity index (χ0) is 19.5. The molecule has 8 heteroatoms. The van der Waals surface area contributed by atoms with E-state index in [1.807, 2.05) is 13.0 Å². The second-order valence-electron chi connectivity index (χ2n) is 6.68. The summed E-state index contributed by atoms with van der Waals surface area (Å²) < 4.78 is 10.5. The van der Waals surface area contributed by atoms with Crippen molar-refractivity contribution in [1.29, 1.82) is 0 Å². The number of nitrogens with one attached hydrogen (secondary N) is 2. The molecule has 3 N–H and O–H groups in total. The van der Waals surface area contributed by atoms with Gasteiger partial charge in [-0.05, 0) is 50.6 Å². The maximum absolute atomic E-state index is 10.5. The zero-order valence-electron chi connectivity index (χ0n) is 17.2. The van der Waals surface area contributed by atoms with Gasteiger partial charge in [0.1, 0.15) is 0 Å². The van der Waals surface area contributed by atoms with Crippen molar-refractivity contribution in [2.45, 2.75) is 32.3 Å². The summed E-state index contributed by atoms with van der Waals surface area (Å²) in [4.78, 5) is 7.01. The van der Waals surface area contributed by atoms with Gasteiger partial charge in [-0.25, -0.2) is 0 Å². The van der Waals surface area contributed by atoms with Gasteiger partial charge in [-0.15, -0.1) is 24.0 Å². The predicted octanol–water partition coefficient (Wildman–Crippen LogP) is 2.40. The first-order valence-electron chi connectivity index (χ1n) is 9.82. The highest BCUT2D eigenvalue weighted by Gasteiger charge is 2.12. The van der Waals surface area contributed by atoms with Crippen LogP contribution in [0.5, 0.6) is 11.5 Å². The number of ether oxygens (including phenoxy) is 2. The molecule has 0 saturated carbocycles. The number of methoxy groups -OCH3 is 2. The van der Waals surface area contributed by atoms with Crippen LogP contribution in [0.15, 0.2) is 23.2 Å². The van der Waals surface area contributed by atoms with Crippen LogP contribution >= 0.6 is 24.0 Å². The van der Waals surface area contributed by atoms with Gasteiger partial charge in [0.25, 0.3) is 0 Å². The minimum absolute atomic E-state index is 0. The van der Waals surface area contributed by atoms with Crippen molar-refractivity contribution in [3.63, 3.8) is 0 Å². The Morgan fingerprint density at radius 1 is 1.14 bits per heavy atom. The number of likely N-dealkylation sites (tertiary alicyclic amines) is 1. The molecule has 1 aromatic rings. The summed E-state index contributed by atoms with van der Waals surface area (Å²) in [5, 5.41) is 17.1. The average Bonchev–Trinajstić information content (AvgIpc) is 2.72. The smallest absolute Gasteiger partial charge is 0.191 e. The summed E-state index contributed by atoms with van der Waals surface area (Å²) >= 11 is 0. The SMILES string of the molecule is CCNC(=NCC(O)c1ccc(OC)c(OC)c1)NCCN1CCCCC1.I. The van der Waals surface area contributed by atoms with Crippen LogP contribution in [0.25, 0.3) is 0 Å². The van der Waals surface area contributed by atoms with Crippen LogP contribution in [0.1, 0.15) is 37.9 Å². The van der Waals surface area contributed by atoms with Crippen LogP contribution in [0.4, 0.5) is 0 Å². The Hall–Kier alpha value is -1.26. The Bertz CT molecular complexity index is 595. The van der Waals surface area contributed by atoms with E-state index in [0.717, 1.165) is 31.2 Å². The zero-order valence-corrected chi connectivity index (χ0v) is 19.6. The molecular formula is C20H35IN4O3. The third-order valence-corrected chi connectivity index (χ3v) is 4.73. The van der Waals surface area contributed by atoms with E-state index in [-0.39, 0.29) is 30.5 Å². The molecule has 1 unspecified atom stereocenters. The van der Waals surface area contributed by atoms with Gasteiger partial charge in [-0.1, -0.05) is 12.5 Å². The molecule has 0 aliphatic carbocycles. The lowest BCUT2D eigenvalue weighted by molar-refractivity contribution is 0.186. The van der Waals surface area contributed by atoms with Crippen molar-refractivity contribution < 1.29 is 14.6 Å². The summed E-state index contributed by atoms with van der Waals surface area (Å²) in [5.74, 6) is 1.98. The number of rotatable bonds is 9. The van der Waals surface area contributed by atoms with Gasteiger partial charge in [0.05, 0.1) is 26.9 Å². The maximum atomic E-state index is 10.5. The average molecular weight is 506 g/mol. The molecule has 2 rings (SSSR count). The predicted molar refractivity (Wildman–Crippen MR) is 124 cm³/mol. The number of benzene rings is 1. The van der Waals surface area contributed by atoms with Gasteiger partial charge in [-0.3, -0.25) is 4.99 Å². The highest BCUT2D eigenvalue weighted by Crippen LogP contribution is 2.30. The van der Waals surface area contributed by atoms with Crippen LogP contribution < -0.4 is 20.1 Å². The molecule has 1 heterocycles. The third kappa shape index (κ3) is 8.00. The van der Waals surface area contributed by atoms with E-state index in [4.69, 9.17) is 9.47 Å². The van der Waals surface area contributed by atoms with Crippen molar-refractivity contribution in [1.82, 2.24) is 15.5 Å². The maximum Gasteiger partial charge on any atom is 0.191 e. The normalized spacial score (nSPS) is 16.1. The van der Waals surface area contributed by atoms with E-state index < -0.39 is 6.10 Å². The van der Waals surface area contributed by atoms with Crippen LogP contribution in [0, 0.1) is 0 Å². The molecule has 0 aromatic heterocycles. The standard InChI is InChI=1S/C20H34N4O3.HI/c1-4-21-20(22-10-13-24-11-6-5-7-12-24)23-15-17(25)16-8-9-18(26-2)19(14-16)27-3;/h8-9,14,17,25H,4-7,10-13,15H2,1-3H3,(H2,21,22,23);1H. The van der Waals surface area contributed by atoms with Crippen molar-refractivity contribution in [3.8, 4) is 11.5 Å². The Kier molecular flexibility index (Phi) is 12.2. The summed E-state index contributed by atoms with van der Waals surface area (Å²) in [6.45, 7) is 7.32. The van der Waals surface area contributed by atoms with E-state index in [1.54, 1.807) is 26.4 Å². The van der Waals surface area contributed by atoms with Crippen molar-refractivity contribution in [3.05, 3.63) is 23.8 Å². The molecule has 0 spiro atoms. The van der Waals surface area contributed by atoms with Crippen molar-refractivity contribution in [2.75, 3.05) is 53.5 Å². The van der Waals surface area contributed by atoms with Gasteiger partial charge < -0.3 is 30.1 Å². The fourth-order valence-electron chi connectivity index (χ4n) is 3.20. The third-order valence-electron chi connectivity index (χ3n) is 4.73. The summed E-state index contributed by atoms with van der Waals surface area (Å²) in [6, 6.07) is 5.41. The number of halogens is 1. The second kappa shape index (κ2) is 13.8.